The number of rotatable bonds is 5. The molecule has 0 atom stereocenters. The number of hydrogen-bond donors (Lipinski definition) is 1. The molecule has 2 aromatic rings. The van der Waals surface area contributed by atoms with E-state index in [9.17, 15) is 13.2 Å². The average molecular weight is 376 g/mol. The van der Waals surface area contributed by atoms with Crippen LogP contribution < -0.4 is 10.2 Å². The molecule has 1 heterocycles. The number of halogens is 3. The van der Waals surface area contributed by atoms with Crippen LogP contribution in [0.5, 0.6) is 0 Å². The van der Waals surface area contributed by atoms with Crippen molar-refractivity contribution in [3.8, 4) is 11.1 Å². The van der Waals surface area contributed by atoms with Crippen LogP contribution in [0.1, 0.15) is 31.2 Å². The molecule has 3 nitrogen and oxygen atoms in total. The summed E-state index contributed by atoms with van der Waals surface area (Å²) < 4.78 is 44.2. The van der Waals surface area contributed by atoms with Gasteiger partial charge in [-0.3, -0.25) is 0 Å². The molecule has 27 heavy (non-hydrogen) atoms. The predicted octanol–water partition coefficient (Wildman–Crippen LogP) is 5.52. The summed E-state index contributed by atoms with van der Waals surface area (Å²) in [7, 11) is 0. The van der Waals surface area contributed by atoms with Crippen molar-refractivity contribution >= 4 is 11.4 Å². The first-order chi connectivity index (χ1) is 13.0. The van der Waals surface area contributed by atoms with Gasteiger partial charge in [-0.1, -0.05) is 31.0 Å². The van der Waals surface area contributed by atoms with Gasteiger partial charge in [0.25, 0.3) is 0 Å². The van der Waals surface area contributed by atoms with Gasteiger partial charge in [-0.05, 0) is 48.2 Å². The molecule has 1 aliphatic heterocycles. The molecule has 1 saturated carbocycles. The first-order valence-corrected chi connectivity index (χ1v) is 9.43. The van der Waals surface area contributed by atoms with Crippen LogP contribution in [0.2, 0.25) is 0 Å². The van der Waals surface area contributed by atoms with E-state index in [-0.39, 0.29) is 0 Å². The number of fused-ring (bicyclic) bond motifs is 1. The second-order valence-electron chi connectivity index (χ2n) is 7.18. The number of hydrogen-bond acceptors (Lipinski definition) is 3. The van der Waals surface area contributed by atoms with Gasteiger partial charge in [-0.25, -0.2) is 0 Å². The maximum atomic E-state index is 12.8. The molecule has 1 aliphatic carbocycles. The van der Waals surface area contributed by atoms with Crippen LogP contribution >= 0.6 is 0 Å². The lowest BCUT2D eigenvalue weighted by molar-refractivity contribution is -0.137. The molecule has 0 radical (unpaired) electrons. The van der Waals surface area contributed by atoms with Gasteiger partial charge in [0.1, 0.15) is 0 Å². The molecule has 1 fully saturated rings. The van der Waals surface area contributed by atoms with Crippen LogP contribution in [-0.2, 0) is 10.9 Å². The maximum Gasteiger partial charge on any atom is 0.416 e. The summed E-state index contributed by atoms with van der Waals surface area (Å²) in [5, 5.41) is 3.36. The Kier molecular flexibility index (Phi) is 5.00. The number of alkyl halides is 3. The lowest BCUT2D eigenvalue weighted by atomic mass is 10.0. The quantitative estimate of drug-likeness (QED) is 0.743. The van der Waals surface area contributed by atoms with E-state index in [2.05, 4.69) is 10.2 Å². The molecule has 4 rings (SSSR count). The summed E-state index contributed by atoms with van der Waals surface area (Å²) in [6, 6.07) is 11.3. The van der Waals surface area contributed by atoms with E-state index in [4.69, 9.17) is 4.74 Å². The van der Waals surface area contributed by atoms with Crippen LogP contribution in [0.3, 0.4) is 0 Å². The van der Waals surface area contributed by atoms with Crippen molar-refractivity contribution in [2.45, 2.75) is 38.0 Å². The van der Waals surface area contributed by atoms with Crippen LogP contribution in [0.4, 0.5) is 24.5 Å². The molecule has 2 aromatic carbocycles. The molecule has 0 saturated heterocycles. The Labute approximate surface area is 157 Å². The Morgan fingerprint density at radius 2 is 1.70 bits per heavy atom. The first-order valence-electron chi connectivity index (χ1n) is 9.43. The largest absolute Gasteiger partial charge is 0.416 e. The molecule has 0 amide bonds. The zero-order valence-corrected chi connectivity index (χ0v) is 15.1. The Morgan fingerprint density at radius 3 is 2.41 bits per heavy atom. The van der Waals surface area contributed by atoms with E-state index < -0.39 is 11.7 Å². The van der Waals surface area contributed by atoms with Crippen LogP contribution in [-0.4, -0.2) is 25.9 Å². The highest BCUT2D eigenvalue weighted by atomic mass is 19.4. The highest BCUT2D eigenvalue weighted by molar-refractivity contribution is 5.81. The molecule has 0 bridgehead atoms. The SMILES string of the molecule is FC(F)(F)c1ccc(-c2ccc3c(c2)N(CCOC2CCCC2)CN3)cc1. The van der Waals surface area contributed by atoms with Crippen LogP contribution in [0, 0.1) is 0 Å². The van der Waals surface area contributed by atoms with Crippen molar-refractivity contribution in [2.75, 3.05) is 30.0 Å². The molecular weight excluding hydrogens is 353 g/mol. The van der Waals surface area contributed by atoms with Crippen LogP contribution in [0.25, 0.3) is 11.1 Å². The maximum absolute atomic E-state index is 12.8. The van der Waals surface area contributed by atoms with Gasteiger partial charge in [0.05, 0.1) is 36.3 Å². The zero-order chi connectivity index (χ0) is 18.9. The Morgan fingerprint density at radius 1 is 1.00 bits per heavy atom. The third-order valence-electron chi connectivity index (χ3n) is 5.36. The van der Waals surface area contributed by atoms with Crippen molar-refractivity contribution in [3.05, 3.63) is 48.0 Å². The van der Waals surface area contributed by atoms with Crippen molar-refractivity contribution in [1.82, 2.24) is 0 Å². The van der Waals surface area contributed by atoms with E-state index in [1.54, 1.807) is 0 Å². The molecule has 1 N–H and O–H groups in total. The third kappa shape index (κ3) is 4.05. The van der Waals surface area contributed by atoms with Gasteiger partial charge in [0.15, 0.2) is 0 Å². The number of nitrogens with zero attached hydrogens (tertiary/aromatic N) is 1. The fourth-order valence-corrected chi connectivity index (χ4v) is 3.82. The minimum Gasteiger partial charge on any atom is -0.376 e. The lowest BCUT2D eigenvalue weighted by Crippen LogP contribution is -2.28. The van der Waals surface area contributed by atoms with Crippen molar-refractivity contribution in [3.63, 3.8) is 0 Å². The molecule has 2 aliphatic rings. The average Bonchev–Trinajstić information content (AvgIpc) is 3.31. The number of benzene rings is 2. The van der Waals surface area contributed by atoms with Gasteiger partial charge in [0, 0.05) is 6.54 Å². The Bertz CT molecular complexity index is 783. The monoisotopic (exact) mass is 376 g/mol. The Hall–Kier alpha value is -2.21. The fourth-order valence-electron chi connectivity index (χ4n) is 3.82. The molecular formula is C21H23F3N2O. The minimum atomic E-state index is -4.31. The molecule has 0 aromatic heterocycles. The van der Waals surface area contributed by atoms with Crippen LogP contribution in [0.15, 0.2) is 42.5 Å². The summed E-state index contributed by atoms with van der Waals surface area (Å²) >= 11 is 0. The normalized spacial score (nSPS) is 17.2. The molecule has 6 heteroatoms. The summed E-state index contributed by atoms with van der Waals surface area (Å²) in [4.78, 5) is 2.22. The second kappa shape index (κ2) is 7.43. The topological polar surface area (TPSA) is 24.5 Å². The van der Waals surface area contributed by atoms with E-state index in [0.717, 1.165) is 60.7 Å². The highest BCUT2D eigenvalue weighted by Crippen LogP contribution is 2.36. The standard InChI is InChI=1S/C21H23F3N2O/c22-21(23,24)17-8-5-15(6-9-17)16-7-10-19-20(13-16)26(14-25-19)11-12-27-18-3-1-2-4-18/h5-10,13,18,25H,1-4,11-12,14H2. The van der Waals surface area contributed by atoms with Gasteiger partial charge in [-0.2, -0.15) is 13.2 Å². The number of ether oxygens (including phenoxy) is 1. The predicted molar refractivity (Wildman–Crippen MR) is 101 cm³/mol. The molecule has 0 spiro atoms. The minimum absolute atomic E-state index is 0.401. The Balaban J connectivity index is 1.45. The second-order valence-corrected chi connectivity index (χ2v) is 7.18. The first kappa shape index (κ1) is 18.2. The molecule has 0 unspecified atom stereocenters. The summed E-state index contributed by atoms with van der Waals surface area (Å²) in [6.07, 6.45) is 0.930. The van der Waals surface area contributed by atoms with E-state index in [1.165, 1.54) is 25.0 Å². The van der Waals surface area contributed by atoms with Gasteiger partial charge in [0.2, 0.25) is 0 Å². The third-order valence-corrected chi connectivity index (χ3v) is 5.36. The molecule has 144 valence electrons. The summed E-state index contributed by atoms with van der Waals surface area (Å²) in [5.74, 6) is 0. The van der Waals surface area contributed by atoms with Crippen molar-refractivity contribution < 1.29 is 17.9 Å². The van der Waals surface area contributed by atoms with E-state index in [1.807, 2.05) is 18.2 Å². The van der Waals surface area contributed by atoms with Gasteiger partial charge < -0.3 is 15.0 Å². The zero-order valence-electron chi connectivity index (χ0n) is 15.1. The van der Waals surface area contributed by atoms with E-state index in [0.29, 0.717) is 12.7 Å². The summed E-state index contributed by atoms with van der Waals surface area (Å²) in [5.41, 5.74) is 3.18. The number of anilines is 2. The van der Waals surface area contributed by atoms with Gasteiger partial charge >= 0.3 is 6.18 Å². The highest BCUT2D eigenvalue weighted by Gasteiger charge is 2.30. The fraction of sp³-hybridized carbons (Fsp3) is 0.429. The lowest BCUT2D eigenvalue weighted by Gasteiger charge is -2.20. The smallest absolute Gasteiger partial charge is 0.376 e. The van der Waals surface area contributed by atoms with Crippen molar-refractivity contribution in [1.29, 1.82) is 0 Å². The van der Waals surface area contributed by atoms with Crippen molar-refractivity contribution in [2.24, 2.45) is 0 Å². The summed E-state index contributed by atoms with van der Waals surface area (Å²) in [6.45, 7) is 2.21. The van der Waals surface area contributed by atoms with Gasteiger partial charge in [-0.15, -0.1) is 0 Å². The number of nitrogens with one attached hydrogen (secondary N) is 1. The van der Waals surface area contributed by atoms with E-state index >= 15 is 0 Å².